The molecular formula is C19H29N. The van der Waals surface area contributed by atoms with Gasteiger partial charge >= 0.3 is 0 Å². The molecule has 1 aliphatic carbocycles. The standard InChI is InChI=1S/C19H29N/c1-15-5-7-18(8-6-15)19-4-2-3-17(14-19)13-16-9-11-20-12-10-16/h2-4,14-16,18,20H,5-13H2,1H3. The van der Waals surface area contributed by atoms with E-state index in [9.17, 15) is 0 Å². The first-order chi connectivity index (χ1) is 9.81. The van der Waals surface area contributed by atoms with Gasteiger partial charge in [-0.15, -0.1) is 0 Å². The van der Waals surface area contributed by atoms with Crippen LogP contribution in [-0.2, 0) is 6.42 Å². The molecule has 1 saturated carbocycles. The van der Waals surface area contributed by atoms with E-state index in [2.05, 4.69) is 36.5 Å². The first-order valence-electron chi connectivity index (χ1n) is 8.61. The SMILES string of the molecule is CC1CCC(c2cccc(CC3CCNCC3)c2)CC1. The Morgan fingerprint density at radius 2 is 1.75 bits per heavy atom. The molecule has 0 atom stereocenters. The topological polar surface area (TPSA) is 12.0 Å². The lowest BCUT2D eigenvalue weighted by molar-refractivity contribution is 0.347. The number of nitrogens with one attached hydrogen (secondary N) is 1. The van der Waals surface area contributed by atoms with Crippen LogP contribution in [0.3, 0.4) is 0 Å². The van der Waals surface area contributed by atoms with Crippen molar-refractivity contribution < 1.29 is 0 Å². The van der Waals surface area contributed by atoms with E-state index in [-0.39, 0.29) is 0 Å². The van der Waals surface area contributed by atoms with Gasteiger partial charge in [-0.1, -0.05) is 44.0 Å². The summed E-state index contributed by atoms with van der Waals surface area (Å²) in [4.78, 5) is 0. The van der Waals surface area contributed by atoms with Crippen LogP contribution in [0.4, 0.5) is 0 Å². The molecule has 2 fully saturated rings. The summed E-state index contributed by atoms with van der Waals surface area (Å²) >= 11 is 0. The first kappa shape index (κ1) is 14.1. The lowest BCUT2D eigenvalue weighted by Crippen LogP contribution is -2.28. The molecule has 1 heterocycles. The molecule has 2 aliphatic rings. The van der Waals surface area contributed by atoms with Crippen LogP contribution in [0.15, 0.2) is 24.3 Å². The number of hydrogen-bond acceptors (Lipinski definition) is 1. The van der Waals surface area contributed by atoms with Gasteiger partial charge in [0, 0.05) is 0 Å². The van der Waals surface area contributed by atoms with Gasteiger partial charge in [-0.25, -0.2) is 0 Å². The Balaban J connectivity index is 1.63. The highest BCUT2D eigenvalue weighted by atomic mass is 14.9. The van der Waals surface area contributed by atoms with Crippen molar-refractivity contribution in [1.29, 1.82) is 0 Å². The second-order valence-corrected chi connectivity index (χ2v) is 7.10. The number of benzene rings is 1. The number of rotatable bonds is 3. The third kappa shape index (κ3) is 3.63. The third-order valence-corrected chi connectivity index (χ3v) is 5.42. The molecule has 1 saturated heterocycles. The largest absolute Gasteiger partial charge is 0.317 e. The summed E-state index contributed by atoms with van der Waals surface area (Å²) in [6.07, 6.45) is 9.64. The maximum atomic E-state index is 3.47. The summed E-state index contributed by atoms with van der Waals surface area (Å²) in [5, 5.41) is 3.47. The van der Waals surface area contributed by atoms with Crippen LogP contribution in [0, 0.1) is 11.8 Å². The van der Waals surface area contributed by atoms with Crippen molar-refractivity contribution >= 4 is 0 Å². The normalized spacial score (nSPS) is 28.4. The van der Waals surface area contributed by atoms with Gasteiger partial charge < -0.3 is 5.32 Å². The van der Waals surface area contributed by atoms with Gasteiger partial charge in [0.25, 0.3) is 0 Å². The van der Waals surface area contributed by atoms with Gasteiger partial charge in [-0.05, 0) is 74.1 Å². The molecule has 0 amide bonds. The minimum atomic E-state index is 0.833. The second kappa shape index (κ2) is 6.76. The predicted molar refractivity (Wildman–Crippen MR) is 86.1 cm³/mol. The molecule has 1 heteroatoms. The lowest BCUT2D eigenvalue weighted by Gasteiger charge is -2.27. The molecule has 1 nitrogen and oxygen atoms in total. The van der Waals surface area contributed by atoms with Crippen LogP contribution >= 0.6 is 0 Å². The van der Waals surface area contributed by atoms with Crippen LogP contribution in [-0.4, -0.2) is 13.1 Å². The number of piperidine rings is 1. The van der Waals surface area contributed by atoms with E-state index in [0.717, 1.165) is 17.8 Å². The van der Waals surface area contributed by atoms with E-state index in [1.807, 2.05) is 0 Å². The van der Waals surface area contributed by atoms with E-state index in [4.69, 9.17) is 0 Å². The fraction of sp³-hybridized carbons (Fsp3) is 0.684. The molecule has 0 aromatic heterocycles. The van der Waals surface area contributed by atoms with Crippen molar-refractivity contribution in [3.63, 3.8) is 0 Å². The lowest BCUT2D eigenvalue weighted by atomic mass is 9.79. The summed E-state index contributed by atoms with van der Waals surface area (Å²) in [5.74, 6) is 2.68. The molecule has 1 aliphatic heterocycles. The zero-order chi connectivity index (χ0) is 13.8. The van der Waals surface area contributed by atoms with Gasteiger partial charge in [-0.2, -0.15) is 0 Å². The highest BCUT2D eigenvalue weighted by Crippen LogP contribution is 2.36. The third-order valence-electron chi connectivity index (χ3n) is 5.42. The minimum absolute atomic E-state index is 0.833. The maximum Gasteiger partial charge on any atom is -0.00462 e. The van der Waals surface area contributed by atoms with E-state index >= 15 is 0 Å². The quantitative estimate of drug-likeness (QED) is 0.852. The van der Waals surface area contributed by atoms with E-state index < -0.39 is 0 Å². The molecule has 1 N–H and O–H groups in total. The summed E-state index contributed by atoms with van der Waals surface area (Å²) in [6, 6.07) is 9.52. The van der Waals surface area contributed by atoms with Crippen LogP contribution in [0.1, 0.15) is 62.5 Å². The van der Waals surface area contributed by atoms with E-state index in [1.54, 1.807) is 11.1 Å². The zero-order valence-corrected chi connectivity index (χ0v) is 12.9. The first-order valence-corrected chi connectivity index (χ1v) is 8.61. The zero-order valence-electron chi connectivity index (χ0n) is 12.9. The molecule has 0 radical (unpaired) electrons. The van der Waals surface area contributed by atoms with Gasteiger partial charge in [0.1, 0.15) is 0 Å². The van der Waals surface area contributed by atoms with Crippen LogP contribution in [0.5, 0.6) is 0 Å². The fourth-order valence-electron chi connectivity index (χ4n) is 3.99. The Morgan fingerprint density at radius 3 is 2.50 bits per heavy atom. The fourth-order valence-corrected chi connectivity index (χ4v) is 3.99. The maximum absolute atomic E-state index is 3.47. The summed E-state index contributed by atoms with van der Waals surface area (Å²) < 4.78 is 0. The molecule has 3 rings (SSSR count). The van der Waals surface area contributed by atoms with Crippen LogP contribution in [0.25, 0.3) is 0 Å². The smallest absolute Gasteiger partial charge is 0.00462 e. The highest BCUT2D eigenvalue weighted by Gasteiger charge is 2.20. The van der Waals surface area contributed by atoms with Crippen LogP contribution in [0.2, 0.25) is 0 Å². The molecule has 1 aromatic rings. The molecule has 0 unspecified atom stereocenters. The number of hydrogen-bond donors (Lipinski definition) is 1. The Labute approximate surface area is 124 Å². The van der Waals surface area contributed by atoms with Crippen molar-refractivity contribution in [1.82, 2.24) is 5.32 Å². The van der Waals surface area contributed by atoms with E-state index in [0.29, 0.717) is 0 Å². The predicted octanol–water partition coefficient (Wildman–Crippen LogP) is 4.52. The Morgan fingerprint density at radius 1 is 1.00 bits per heavy atom. The van der Waals surface area contributed by atoms with Crippen molar-refractivity contribution in [2.45, 2.75) is 57.8 Å². The van der Waals surface area contributed by atoms with Gasteiger partial charge in [0.15, 0.2) is 0 Å². The molecule has 0 bridgehead atoms. The average Bonchev–Trinajstić information content (AvgIpc) is 2.49. The average molecular weight is 271 g/mol. The van der Waals surface area contributed by atoms with Gasteiger partial charge in [0.05, 0.1) is 0 Å². The van der Waals surface area contributed by atoms with Gasteiger partial charge in [-0.3, -0.25) is 0 Å². The van der Waals surface area contributed by atoms with Crippen molar-refractivity contribution in [3.8, 4) is 0 Å². The Bertz CT molecular complexity index is 412. The van der Waals surface area contributed by atoms with E-state index in [1.165, 1.54) is 58.0 Å². The Kier molecular flexibility index (Phi) is 4.77. The summed E-state index contributed by atoms with van der Waals surface area (Å²) in [6.45, 7) is 4.83. The minimum Gasteiger partial charge on any atom is -0.317 e. The van der Waals surface area contributed by atoms with Gasteiger partial charge in [0.2, 0.25) is 0 Å². The monoisotopic (exact) mass is 271 g/mol. The van der Waals surface area contributed by atoms with Crippen molar-refractivity contribution in [3.05, 3.63) is 35.4 Å². The van der Waals surface area contributed by atoms with Crippen LogP contribution < -0.4 is 5.32 Å². The Hall–Kier alpha value is -0.820. The molecule has 0 spiro atoms. The summed E-state index contributed by atoms with van der Waals surface area (Å²) in [7, 11) is 0. The summed E-state index contributed by atoms with van der Waals surface area (Å²) in [5.41, 5.74) is 3.19. The van der Waals surface area contributed by atoms with Crippen molar-refractivity contribution in [2.75, 3.05) is 13.1 Å². The second-order valence-electron chi connectivity index (χ2n) is 7.10. The van der Waals surface area contributed by atoms with Crippen molar-refractivity contribution in [2.24, 2.45) is 11.8 Å². The molecule has 1 aromatic carbocycles. The molecule has 110 valence electrons. The molecule has 20 heavy (non-hydrogen) atoms. The molecular weight excluding hydrogens is 242 g/mol. The highest BCUT2D eigenvalue weighted by molar-refractivity contribution is 5.27.